The molecule has 3 aromatic heterocycles. The molecule has 0 amide bonds. The van der Waals surface area contributed by atoms with Crippen molar-refractivity contribution in [2.45, 2.75) is 0 Å². The van der Waals surface area contributed by atoms with Gasteiger partial charge >= 0.3 is 5.82 Å². The smallest absolute Gasteiger partial charge is 0.328 e. The lowest BCUT2D eigenvalue weighted by atomic mass is 10.1. The van der Waals surface area contributed by atoms with Gasteiger partial charge in [0.1, 0.15) is 11.6 Å². The fourth-order valence-corrected chi connectivity index (χ4v) is 3.42. The molecule has 0 unspecified atom stereocenters. The molecular weight excluding hydrogens is 428 g/mol. The first-order chi connectivity index (χ1) is 14.0. The highest BCUT2D eigenvalue weighted by molar-refractivity contribution is 9.10. The minimum Gasteiger partial charge on any atom is -0.377 e. The van der Waals surface area contributed by atoms with Gasteiger partial charge in [-0.2, -0.15) is 5.26 Å². The quantitative estimate of drug-likeness (QED) is 0.472. The topological polar surface area (TPSA) is 68.7 Å². The highest BCUT2D eigenvalue weighted by Crippen LogP contribution is 2.30. The predicted octanol–water partition coefficient (Wildman–Crippen LogP) is 4.35. The number of pyridine rings is 3. The van der Waals surface area contributed by atoms with Crippen molar-refractivity contribution < 1.29 is 4.57 Å². The third kappa shape index (κ3) is 3.89. The van der Waals surface area contributed by atoms with Crippen molar-refractivity contribution in [2.75, 3.05) is 24.3 Å². The second kappa shape index (κ2) is 7.86. The van der Waals surface area contributed by atoms with E-state index >= 15 is 0 Å². The molecule has 3 heterocycles. The lowest BCUT2D eigenvalue weighted by molar-refractivity contribution is -0.599. The van der Waals surface area contributed by atoms with E-state index in [-0.39, 0.29) is 0 Å². The minimum atomic E-state index is 0.475. The number of aromatic nitrogens is 3. The van der Waals surface area contributed by atoms with Crippen molar-refractivity contribution in [2.24, 2.45) is 0 Å². The Hall–Kier alpha value is -3.50. The van der Waals surface area contributed by atoms with E-state index in [1.165, 1.54) is 0 Å². The number of hydrogen-bond donors (Lipinski definition) is 1. The number of nitrogens with zero attached hydrogens (tertiary/aromatic N) is 5. The van der Waals surface area contributed by atoms with Gasteiger partial charge in [-0.1, -0.05) is 22.0 Å². The van der Waals surface area contributed by atoms with Gasteiger partial charge in [0.25, 0.3) is 0 Å². The molecule has 0 saturated heterocycles. The van der Waals surface area contributed by atoms with Crippen LogP contribution >= 0.6 is 15.9 Å². The Kier molecular flexibility index (Phi) is 5.10. The molecule has 0 bridgehead atoms. The van der Waals surface area contributed by atoms with Crippen molar-refractivity contribution in [3.05, 3.63) is 77.3 Å². The molecule has 0 aliphatic rings. The molecule has 0 radical (unpaired) electrons. The van der Waals surface area contributed by atoms with Crippen LogP contribution < -0.4 is 14.8 Å². The van der Waals surface area contributed by atoms with Crippen LogP contribution in [0.5, 0.6) is 0 Å². The SMILES string of the molecule is CN(C)c1cc[n+](-c2cc3c(Nc4cccc(Br)c4)c(C#N)cnc3cn2)cc1. The predicted molar refractivity (Wildman–Crippen MR) is 118 cm³/mol. The summed E-state index contributed by atoms with van der Waals surface area (Å²) in [7, 11) is 4.01. The summed E-state index contributed by atoms with van der Waals surface area (Å²) in [5.74, 6) is 0.747. The molecule has 0 aliphatic heterocycles. The normalized spacial score (nSPS) is 10.6. The van der Waals surface area contributed by atoms with Gasteiger partial charge in [0.2, 0.25) is 0 Å². The fourth-order valence-electron chi connectivity index (χ4n) is 3.02. The summed E-state index contributed by atoms with van der Waals surface area (Å²) in [5, 5.41) is 13.8. The molecule has 0 spiro atoms. The standard InChI is InChI=1S/C22H18BrN6/c1-28(2)18-6-8-29(9-7-18)21-11-19-20(14-26-21)25-13-15(12-24)22(19)27-17-5-3-4-16(23)10-17/h3-11,13-14H,1-2H3,(H,25,27)/q+1. The zero-order valence-corrected chi connectivity index (χ0v) is 17.6. The largest absolute Gasteiger partial charge is 0.377 e. The Bertz CT molecular complexity index is 1230. The maximum absolute atomic E-state index is 9.61. The monoisotopic (exact) mass is 445 g/mol. The highest BCUT2D eigenvalue weighted by atomic mass is 79.9. The van der Waals surface area contributed by atoms with Crippen LogP contribution in [0, 0.1) is 11.3 Å². The van der Waals surface area contributed by atoms with Crippen molar-refractivity contribution in [3.8, 4) is 11.9 Å². The van der Waals surface area contributed by atoms with Crippen LogP contribution in [0.25, 0.3) is 16.7 Å². The van der Waals surface area contributed by atoms with Crippen molar-refractivity contribution in [1.82, 2.24) is 9.97 Å². The maximum Gasteiger partial charge on any atom is 0.328 e. The molecule has 142 valence electrons. The second-order valence-corrected chi connectivity index (χ2v) is 7.63. The number of halogens is 1. The first-order valence-electron chi connectivity index (χ1n) is 8.95. The number of nitrogens with one attached hydrogen (secondary N) is 1. The Morgan fingerprint density at radius 2 is 1.86 bits per heavy atom. The van der Waals surface area contributed by atoms with Crippen LogP contribution in [0.3, 0.4) is 0 Å². The van der Waals surface area contributed by atoms with Gasteiger partial charge < -0.3 is 10.2 Å². The average molecular weight is 446 g/mol. The number of nitriles is 1. The third-order valence-corrected chi connectivity index (χ3v) is 5.04. The van der Waals surface area contributed by atoms with Gasteiger partial charge in [-0.3, -0.25) is 4.98 Å². The van der Waals surface area contributed by atoms with E-state index in [4.69, 9.17) is 0 Å². The van der Waals surface area contributed by atoms with Crippen LogP contribution in [0.1, 0.15) is 5.56 Å². The average Bonchev–Trinajstić information content (AvgIpc) is 2.74. The third-order valence-electron chi connectivity index (χ3n) is 4.55. The van der Waals surface area contributed by atoms with E-state index in [1.807, 2.05) is 78.4 Å². The lowest BCUT2D eigenvalue weighted by Crippen LogP contribution is -2.31. The Labute approximate surface area is 177 Å². The summed E-state index contributed by atoms with van der Waals surface area (Å²) in [4.78, 5) is 11.0. The number of rotatable bonds is 4. The Morgan fingerprint density at radius 1 is 1.07 bits per heavy atom. The van der Waals surface area contributed by atoms with Crippen LogP contribution in [-0.2, 0) is 0 Å². The molecule has 0 saturated carbocycles. The zero-order valence-electron chi connectivity index (χ0n) is 16.0. The van der Waals surface area contributed by atoms with Gasteiger partial charge in [0, 0.05) is 59.7 Å². The van der Waals surface area contributed by atoms with E-state index in [0.717, 1.165) is 32.6 Å². The van der Waals surface area contributed by atoms with E-state index in [1.54, 1.807) is 12.4 Å². The summed E-state index contributed by atoms with van der Waals surface area (Å²) >= 11 is 3.48. The number of anilines is 3. The zero-order chi connectivity index (χ0) is 20.4. The van der Waals surface area contributed by atoms with Gasteiger partial charge in [0.05, 0.1) is 23.6 Å². The van der Waals surface area contributed by atoms with Crippen LogP contribution in [0.2, 0.25) is 0 Å². The van der Waals surface area contributed by atoms with Crippen molar-refractivity contribution >= 4 is 43.9 Å². The lowest BCUT2D eigenvalue weighted by Gasteiger charge is -2.12. The first-order valence-corrected chi connectivity index (χ1v) is 9.75. The molecule has 0 fully saturated rings. The van der Waals surface area contributed by atoms with Gasteiger partial charge in [-0.15, -0.1) is 0 Å². The van der Waals surface area contributed by atoms with Gasteiger partial charge in [-0.25, -0.2) is 4.57 Å². The molecule has 29 heavy (non-hydrogen) atoms. The molecule has 1 N–H and O–H groups in total. The summed E-state index contributed by atoms with van der Waals surface area (Å²) in [5.41, 5.74) is 3.89. The summed E-state index contributed by atoms with van der Waals surface area (Å²) in [6.45, 7) is 0. The molecule has 4 aromatic rings. The summed E-state index contributed by atoms with van der Waals surface area (Å²) < 4.78 is 2.90. The van der Waals surface area contributed by atoms with E-state index < -0.39 is 0 Å². The Balaban J connectivity index is 1.83. The van der Waals surface area contributed by atoms with E-state index in [2.05, 4.69) is 37.3 Å². The van der Waals surface area contributed by atoms with Gasteiger partial charge in [0.15, 0.2) is 6.20 Å². The van der Waals surface area contributed by atoms with Crippen LogP contribution in [0.15, 0.2) is 71.7 Å². The molecule has 6 nitrogen and oxygen atoms in total. The molecule has 0 aliphatic carbocycles. The van der Waals surface area contributed by atoms with Crippen LogP contribution in [0.4, 0.5) is 17.1 Å². The van der Waals surface area contributed by atoms with Gasteiger partial charge in [-0.05, 0) is 23.2 Å². The van der Waals surface area contributed by atoms with E-state index in [0.29, 0.717) is 11.3 Å². The molecule has 0 atom stereocenters. The summed E-state index contributed by atoms with van der Waals surface area (Å²) in [6.07, 6.45) is 7.23. The molecule has 1 aromatic carbocycles. The number of benzene rings is 1. The minimum absolute atomic E-state index is 0.475. The number of fused-ring (bicyclic) bond motifs is 1. The number of hydrogen-bond acceptors (Lipinski definition) is 5. The van der Waals surface area contributed by atoms with E-state index in [9.17, 15) is 5.26 Å². The highest BCUT2D eigenvalue weighted by Gasteiger charge is 2.16. The Morgan fingerprint density at radius 3 is 2.55 bits per heavy atom. The van der Waals surface area contributed by atoms with Crippen molar-refractivity contribution in [1.29, 1.82) is 5.26 Å². The van der Waals surface area contributed by atoms with Crippen molar-refractivity contribution in [3.63, 3.8) is 0 Å². The van der Waals surface area contributed by atoms with Crippen LogP contribution in [-0.4, -0.2) is 24.1 Å². The fraction of sp³-hybridized carbons (Fsp3) is 0.0909. The molecule has 4 rings (SSSR count). The molecular formula is C22H18BrN6+. The second-order valence-electron chi connectivity index (χ2n) is 6.71. The molecule has 7 heteroatoms. The summed E-state index contributed by atoms with van der Waals surface area (Å²) in [6, 6.07) is 16.0. The maximum atomic E-state index is 9.61. The first kappa shape index (κ1) is 18.8.